The lowest BCUT2D eigenvalue weighted by Gasteiger charge is -2.36. The number of hydrogen-bond acceptors (Lipinski definition) is 3. The highest BCUT2D eigenvalue weighted by Gasteiger charge is 2.29. The lowest BCUT2D eigenvalue weighted by Crippen LogP contribution is -2.45. The number of nitrogens with zero attached hydrogens (tertiary/aromatic N) is 1. The van der Waals surface area contributed by atoms with Gasteiger partial charge < -0.3 is 10.5 Å². The van der Waals surface area contributed by atoms with E-state index in [2.05, 4.69) is 46.0 Å². The van der Waals surface area contributed by atoms with Crippen molar-refractivity contribution in [2.45, 2.75) is 57.2 Å². The van der Waals surface area contributed by atoms with E-state index in [1.807, 2.05) is 0 Å². The van der Waals surface area contributed by atoms with Crippen LogP contribution >= 0.6 is 15.9 Å². The standard InChI is InChI=1S/C17H25BrN2O/c1-2-20(15-6-4-14(19)5-7-15)11-16-10-12-9-13(18)3-8-17(12)21-16/h3,8-9,14-16H,2,4-7,10-11,19H2,1H3. The molecule has 0 amide bonds. The van der Waals surface area contributed by atoms with Gasteiger partial charge in [-0.3, -0.25) is 4.90 Å². The fourth-order valence-corrected chi connectivity index (χ4v) is 4.06. The number of halogens is 1. The van der Waals surface area contributed by atoms with E-state index in [1.165, 1.54) is 31.2 Å². The molecule has 116 valence electrons. The van der Waals surface area contributed by atoms with Gasteiger partial charge in [0.25, 0.3) is 0 Å². The Morgan fingerprint density at radius 3 is 2.76 bits per heavy atom. The number of hydrogen-bond donors (Lipinski definition) is 1. The van der Waals surface area contributed by atoms with Gasteiger partial charge in [-0.2, -0.15) is 0 Å². The summed E-state index contributed by atoms with van der Waals surface area (Å²) in [6.45, 7) is 4.38. The molecule has 4 heteroatoms. The zero-order chi connectivity index (χ0) is 14.8. The Kier molecular flexibility index (Phi) is 4.87. The molecule has 1 aliphatic carbocycles. The summed E-state index contributed by atoms with van der Waals surface area (Å²) in [5.41, 5.74) is 7.36. The van der Waals surface area contributed by atoms with Crippen molar-refractivity contribution in [1.82, 2.24) is 4.90 Å². The molecule has 21 heavy (non-hydrogen) atoms. The molecular formula is C17H25BrN2O. The minimum Gasteiger partial charge on any atom is -0.488 e. The van der Waals surface area contributed by atoms with E-state index in [1.54, 1.807) is 0 Å². The lowest BCUT2D eigenvalue weighted by atomic mass is 9.90. The van der Waals surface area contributed by atoms with E-state index in [-0.39, 0.29) is 0 Å². The average molecular weight is 353 g/mol. The van der Waals surface area contributed by atoms with Crippen LogP contribution in [0, 0.1) is 0 Å². The minimum absolute atomic E-state index is 0.296. The molecule has 1 aromatic rings. The third kappa shape index (κ3) is 3.61. The first-order valence-electron chi connectivity index (χ1n) is 8.10. The second-order valence-electron chi connectivity index (χ2n) is 6.35. The summed E-state index contributed by atoms with van der Waals surface area (Å²) >= 11 is 3.54. The normalized spacial score (nSPS) is 28.5. The molecule has 1 aliphatic heterocycles. The maximum absolute atomic E-state index is 6.12. The molecule has 0 spiro atoms. The van der Waals surface area contributed by atoms with Gasteiger partial charge in [0.15, 0.2) is 0 Å². The Hall–Kier alpha value is -0.580. The molecule has 1 aromatic carbocycles. The lowest BCUT2D eigenvalue weighted by molar-refractivity contribution is 0.0986. The number of benzene rings is 1. The Morgan fingerprint density at radius 1 is 1.29 bits per heavy atom. The number of fused-ring (bicyclic) bond motifs is 1. The molecule has 0 bridgehead atoms. The van der Waals surface area contributed by atoms with Gasteiger partial charge >= 0.3 is 0 Å². The van der Waals surface area contributed by atoms with Crippen LogP contribution in [0.15, 0.2) is 22.7 Å². The van der Waals surface area contributed by atoms with Crippen LogP contribution < -0.4 is 10.5 Å². The molecule has 2 aliphatic rings. The Morgan fingerprint density at radius 2 is 2.05 bits per heavy atom. The van der Waals surface area contributed by atoms with Crippen molar-refractivity contribution in [3.63, 3.8) is 0 Å². The second kappa shape index (κ2) is 6.67. The Bertz CT molecular complexity index is 486. The maximum atomic E-state index is 6.12. The summed E-state index contributed by atoms with van der Waals surface area (Å²) < 4.78 is 7.26. The second-order valence-corrected chi connectivity index (χ2v) is 7.27. The van der Waals surface area contributed by atoms with E-state index in [9.17, 15) is 0 Å². The fourth-order valence-electron chi connectivity index (χ4n) is 3.66. The van der Waals surface area contributed by atoms with Gasteiger partial charge in [0.1, 0.15) is 11.9 Å². The molecule has 0 saturated heterocycles. The number of ether oxygens (including phenoxy) is 1. The molecule has 1 unspecified atom stereocenters. The quantitative estimate of drug-likeness (QED) is 0.902. The van der Waals surface area contributed by atoms with Gasteiger partial charge in [0, 0.05) is 29.5 Å². The maximum Gasteiger partial charge on any atom is 0.123 e. The first-order chi connectivity index (χ1) is 10.2. The van der Waals surface area contributed by atoms with Gasteiger partial charge in [-0.1, -0.05) is 22.9 Å². The zero-order valence-corrected chi connectivity index (χ0v) is 14.3. The molecular weight excluding hydrogens is 328 g/mol. The average Bonchev–Trinajstić information content (AvgIpc) is 2.87. The van der Waals surface area contributed by atoms with Crippen LogP contribution in [0.5, 0.6) is 5.75 Å². The van der Waals surface area contributed by atoms with Crippen LogP contribution in [-0.2, 0) is 6.42 Å². The first-order valence-corrected chi connectivity index (χ1v) is 8.89. The zero-order valence-electron chi connectivity index (χ0n) is 12.7. The first kappa shape index (κ1) is 15.3. The summed E-state index contributed by atoms with van der Waals surface area (Å²) in [6, 6.07) is 7.43. The Labute approximate surface area is 136 Å². The summed E-state index contributed by atoms with van der Waals surface area (Å²) in [5, 5.41) is 0. The van der Waals surface area contributed by atoms with Gasteiger partial charge in [0.05, 0.1) is 0 Å². The van der Waals surface area contributed by atoms with Crippen LogP contribution in [0.1, 0.15) is 38.2 Å². The Balaban J connectivity index is 1.59. The number of nitrogens with two attached hydrogens (primary N) is 1. The van der Waals surface area contributed by atoms with Crippen molar-refractivity contribution in [3.8, 4) is 5.75 Å². The monoisotopic (exact) mass is 352 g/mol. The van der Waals surface area contributed by atoms with Crippen molar-refractivity contribution in [3.05, 3.63) is 28.2 Å². The smallest absolute Gasteiger partial charge is 0.123 e. The van der Waals surface area contributed by atoms with Gasteiger partial charge in [-0.05, 0) is 56.0 Å². The van der Waals surface area contributed by atoms with E-state index in [0.29, 0.717) is 18.2 Å². The molecule has 2 N–H and O–H groups in total. The van der Waals surface area contributed by atoms with E-state index in [0.717, 1.165) is 29.7 Å². The third-order valence-corrected chi connectivity index (χ3v) is 5.36. The van der Waals surface area contributed by atoms with E-state index < -0.39 is 0 Å². The highest BCUT2D eigenvalue weighted by molar-refractivity contribution is 9.10. The number of rotatable bonds is 4. The molecule has 1 saturated carbocycles. The van der Waals surface area contributed by atoms with Crippen LogP contribution in [0.4, 0.5) is 0 Å². The molecule has 0 aromatic heterocycles. The summed E-state index contributed by atoms with van der Waals surface area (Å²) in [5.74, 6) is 1.06. The topological polar surface area (TPSA) is 38.5 Å². The molecule has 3 rings (SSSR count). The molecule has 1 atom stereocenters. The van der Waals surface area contributed by atoms with Crippen molar-refractivity contribution >= 4 is 15.9 Å². The summed E-state index contributed by atoms with van der Waals surface area (Å²) in [4.78, 5) is 2.59. The predicted octanol–water partition coefficient (Wildman–Crippen LogP) is 3.34. The molecule has 3 nitrogen and oxygen atoms in total. The third-order valence-electron chi connectivity index (χ3n) is 4.87. The van der Waals surface area contributed by atoms with Crippen LogP contribution in [-0.4, -0.2) is 36.2 Å². The summed E-state index contributed by atoms with van der Waals surface area (Å²) in [6.07, 6.45) is 6.13. The van der Waals surface area contributed by atoms with Crippen LogP contribution in [0.3, 0.4) is 0 Å². The van der Waals surface area contributed by atoms with E-state index in [4.69, 9.17) is 10.5 Å². The molecule has 1 fully saturated rings. The highest BCUT2D eigenvalue weighted by Crippen LogP contribution is 2.32. The highest BCUT2D eigenvalue weighted by atomic mass is 79.9. The van der Waals surface area contributed by atoms with Crippen LogP contribution in [0.25, 0.3) is 0 Å². The van der Waals surface area contributed by atoms with Gasteiger partial charge in [-0.25, -0.2) is 0 Å². The van der Waals surface area contributed by atoms with Gasteiger partial charge in [-0.15, -0.1) is 0 Å². The fraction of sp³-hybridized carbons (Fsp3) is 0.647. The predicted molar refractivity (Wildman–Crippen MR) is 89.7 cm³/mol. The van der Waals surface area contributed by atoms with Crippen molar-refractivity contribution < 1.29 is 4.74 Å². The van der Waals surface area contributed by atoms with Gasteiger partial charge in [0.2, 0.25) is 0 Å². The van der Waals surface area contributed by atoms with Crippen molar-refractivity contribution in [1.29, 1.82) is 0 Å². The van der Waals surface area contributed by atoms with Crippen molar-refractivity contribution in [2.24, 2.45) is 5.73 Å². The summed E-state index contributed by atoms with van der Waals surface area (Å²) in [7, 11) is 0. The SMILES string of the molecule is CCN(CC1Cc2cc(Br)ccc2O1)C1CCC(N)CC1. The molecule has 1 heterocycles. The van der Waals surface area contributed by atoms with E-state index >= 15 is 0 Å². The minimum atomic E-state index is 0.296. The molecule has 0 radical (unpaired) electrons. The van der Waals surface area contributed by atoms with Crippen LogP contribution in [0.2, 0.25) is 0 Å². The largest absolute Gasteiger partial charge is 0.488 e. The number of likely N-dealkylation sites (N-methyl/N-ethyl adjacent to an activating group) is 1. The van der Waals surface area contributed by atoms with Crippen molar-refractivity contribution in [2.75, 3.05) is 13.1 Å².